The Morgan fingerprint density at radius 2 is 1.86 bits per heavy atom. The number of carbonyl (C=O) groups excluding carboxylic acids is 1. The number of amides is 1. The number of hydrogen-bond acceptors (Lipinski definition) is 6. The summed E-state index contributed by atoms with van der Waals surface area (Å²) >= 11 is 1.28. The molecule has 0 bridgehead atoms. The first-order valence-electron chi connectivity index (χ1n) is 8.75. The number of carbonyl (C=O) groups is 1. The zero-order chi connectivity index (χ0) is 20.1. The molecule has 3 aromatic rings. The van der Waals surface area contributed by atoms with Gasteiger partial charge in [-0.2, -0.15) is 0 Å². The molecule has 1 amide bonds. The van der Waals surface area contributed by atoms with Crippen LogP contribution in [0.2, 0.25) is 0 Å². The van der Waals surface area contributed by atoms with Crippen LogP contribution in [0.4, 0.5) is 9.52 Å². The summed E-state index contributed by atoms with van der Waals surface area (Å²) in [4.78, 5) is 20.8. The average molecular weight is 403 g/mol. The van der Waals surface area contributed by atoms with E-state index in [9.17, 15) is 9.18 Å². The average Bonchev–Trinajstić information content (AvgIpc) is 3.11. The molecular weight excluding hydrogens is 381 g/mol. The van der Waals surface area contributed by atoms with Gasteiger partial charge < -0.3 is 14.4 Å². The predicted octanol–water partition coefficient (Wildman–Crippen LogP) is 3.42. The molecule has 1 aromatic heterocycles. The van der Waals surface area contributed by atoms with Crippen LogP contribution in [0, 0.1) is 5.82 Å². The maximum atomic E-state index is 14.0. The fraction of sp³-hybridized carbons (Fsp3) is 0.300. The van der Waals surface area contributed by atoms with Crippen LogP contribution in [0.1, 0.15) is 0 Å². The van der Waals surface area contributed by atoms with E-state index in [0.717, 1.165) is 0 Å². The smallest absolute Gasteiger partial charge is 0.266 e. The minimum atomic E-state index is -0.398. The first-order chi connectivity index (χ1) is 13.5. The van der Waals surface area contributed by atoms with Crippen molar-refractivity contribution < 1.29 is 18.7 Å². The normalized spacial score (nSPS) is 11.0. The zero-order valence-electron chi connectivity index (χ0n) is 16.0. The molecule has 0 fully saturated rings. The van der Waals surface area contributed by atoms with Crippen molar-refractivity contribution in [3.05, 3.63) is 48.3 Å². The summed E-state index contributed by atoms with van der Waals surface area (Å²) in [7, 11) is 5.39. The fourth-order valence-corrected chi connectivity index (χ4v) is 3.62. The van der Waals surface area contributed by atoms with Crippen LogP contribution in [0.5, 0.6) is 11.5 Å². The molecule has 3 rings (SSSR count). The Bertz CT molecular complexity index is 961. The van der Waals surface area contributed by atoms with E-state index in [2.05, 4.69) is 4.98 Å². The number of rotatable bonds is 8. The third kappa shape index (κ3) is 4.58. The van der Waals surface area contributed by atoms with E-state index in [1.807, 2.05) is 31.1 Å². The highest BCUT2D eigenvalue weighted by atomic mass is 32.1. The van der Waals surface area contributed by atoms with Gasteiger partial charge in [0.1, 0.15) is 11.3 Å². The van der Waals surface area contributed by atoms with Crippen molar-refractivity contribution >= 4 is 32.6 Å². The lowest BCUT2D eigenvalue weighted by molar-refractivity contribution is -0.120. The highest BCUT2D eigenvalue weighted by molar-refractivity contribution is 7.22. The van der Waals surface area contributed by atoms with E-state index >= 15 is 0 Å². The lowest BCUT2D eigenvalue weighted by Gasteiger charge is -2.22. The number of hydrogen-bond donors (Lipinski definition) is 0. The quantitative estimate of drug-likeness (QED) is 0.577. The lowest BCUT2D eigenvalue weighted by atomic mass is 10.3. The largest absolute Gasteiger partial charge is 0.493 e. The Labute approximate surface area is 167 Å². The minimum Gasteiger partial charge on any atom is -0.493 e. The number of ether oxygens (including phenoxy) is 2. The van der Waals surface area contributed by atoms with E-state index < -0.39 is 5.82 Å². The zero-order valence-corrected chi connectivity index (χ0v) is 16.8. The summed E-state index contributed by atoms with van der Waals surface area (Å²) in [5.41, 5.74) is 0.274. The second-order valence-corrected chi connectivity index (χ2v) is 7.38. The van der Waals surface area contributed by atoms with Crippen LogP contribution >= 0.6 is 11.3 Å². The predicted molar refractivity (Wildman–Crippen MR) is 109 cm³/mol. The number of benzene rings is 2. The number of halogens is 1. The van der Waals surface area contributed by atoms with Gasteiger partial charge in [0.25, 0.3) is 5.91 Å². The Morgan fingerprint density at radius 1 is 1.11 bits per heavy atom. The summed E-state index contributed by atoms with van der Waals surface area (Å²) in [6.45, 7) is 0.883. The number of para-hydroxylation sites is 3. The first-order valence-corrected chi connectivity index (χ1v) is 9.57. The van der Waals surface area contributed by atoms with Gasteiger partial charge in [-0.1, -0.05) is 29.5 Å². The molecule has 0 atom stereocenters. The topological polar surface area (TPSA) is 54.9 Å². The summed E-state index contributed by atoms with van der Waals surface area (Å²) in [5.74, 6) is 0.385. The molecule has 28 heavy (non-hydrogen) atoms. The third-order valence-corrected chi connectivity index (χ3v) is 5.13. The van der Waals surface area contributed by atoms with Gasteiger partial charge in [-0.3, -0.25) is 9.69 Å². The molecule has 1 heterocycles. The van der Waals surface area contributed by atoms with Crippen molar-refractivity contribution in [2.45, 2.75) is 0 Å². The van der Waals surface area contributed by atoms with Crippen LogP contribution in [0.15, 0.2) is 42.5 Å². The number of thiazole rings is 1. The fourth-order valence-electron chi connectivity index (χ4n) is 2.60. The van der Waals surface area contributed by atoms with E-state index in [4.69, 9.17) is 9.47 Å². The van der Waals surface area contributed by atoms with Crippen molar-refractivity contribution in [2.75, 3.05) is 45.8 Å². The SMILES string of the molecule is COc1ccccc1OCC(=O)N(CCN(C)C)c1nc2c(F)cccc2s1. The summed E-state index contributed by atoms with van der Waals surface area (Å²) in [6, 6.07) is 11.9. The van der Waals surface area contributed by atoms with Gasteiger partial charge in [-0.05, 0) is 38.4 Å². The Morgan fingerprint density at radius 3 is 2.54 bits per heavy atom. The molecule has 0 aliphatic rings. The van der Waals surface area contributed by atoms with Gasteiger partial charge in [0, 0.05) is 13.1 Å². The van der Waals surface area contributed by atoms with Crippen LogP contribution in [0.25, 0.3) is 10.2 Å². The number of aromatic nitrogens is 1. The maximum Gasteiger partial charge on any atom is 0.266 e. The van der Waals surface area contributed by atoms with Gasteiger partial charge in [-0.15, -0.1) is 0 Å². The number of nitrogens with zero attached hydrogens (tertiary/aromatic N) is 3. The van der Waals surface area contributed by atoms with Crippen LogP contribution in [0.3, 0.4) is 0 Å². The van der Waals surface area contributed by atoms with Crippen molar-refractivity contribution in [1.82, 2.24) is 9.88 Å². The molecule has 0 spiro atoms. The number of likely N-dealkylation sites (N-methyl/N-ethyl adjacent to an activating group) is 1. The Kier molecular flexibility index (Phi) is 6.43. The molecule has 0 saturated heterocycles. The monoisotopic (exact) mass is 403 g/mol. The van der Waals surface area contributed by atoms with Crippen molar-refractivity contribution in [3.8, 4) is 11.5 Å². The lowest BCUT2D eigenvalue weighted by Crippen LogP contribution is -2.39. The Balaban J connectivity index is 1.82. The van der Waals surface area contributed by atoms with Gasteiger partial charge >= 0.3 is 0 Å². The van der Waals surface area contributed by atoms with Crippen LogP contribution in [-0.2, 0) is 4.79 Å². The van der Waals surface area contributed by atoms with Gasteiger partial charge in [0.2, 0.25) is 0 Å². The molecule has 2 aromatic carbocycles. The van der Waals surface area contributed by atoms with Gasteiger partial charge in [-0.25, -0.2) is 9.37 Å². The molecule has 8 heteroatoms. The standard InChI is InChI=1S/C20H22FN3O3S/c1-23(2)11-12-24(20-22-19-14(21)7-6-10-17(19)28-20)18(25)13-27-16-9-5-4-8-15(16)26-3/h4-10H,11-13H2,1-3H3. The molecule has 0 radical (unpaired) electrons. The molecule has 0 aliphatic carbocycles. The highest BCUT2D eigenvalue weighted by Crippen LogP contribution is 2.31. The summed E-state index contributed by atoms with van der Waals surface area (Å²) < 4.78 is 25.6. The van der Waals surface area contributed by atoms with Crippen molar-refractivity contribution in [3.63, 3.8) is 0 Å². The second kappa shape index (κ2) is 8.99. The van der Waals surface area contributed by atoms with E-state index in [1.165, 1.54) is 17.4 Å². The first kappa shape index (κ1) is 20.0. The van der Waals surface area contributed by atoms with Gasteiger partial charge in [0.15, 0.2) is 23.2 Å². The van der Waals surface area contributed by atoms with Gasteiger partial charge in [0.05, 0.1) is 11.8 Å². The molecule has 148 valence electrons. The van der Waals surface area contributed by atoms with Crippen LogP contribution in [-0.4, -0.2) is 56.7 Å². The third-order valence-electron chi connectivity index (χ3n) is 4.08. The van der Waals surface area contributed by atoms with E-state index in [1.54, 1.807) is 36.3 Å². The molecular formula is C20H22FN3O3S. The number of methoxy groups -OCH3 is 1. The maximum absolute atomic E-state index is 14.0. The number of fused-ring (bicyclic) bond motifs is 1. The summed E-state index contributed by atoms with van der Waals surface area (Å²) in [6.07, 6.45) is 0. The highest BCUT2D eigenvalue weighted by Gasteiger charge is 2.21. The molecule has 6 nitrogen and oxygen atoms in total. The molecule has 0 unspecified atom stereocenters. The summed E-state index contributed by atoms with van der Waals surface area (Å²) in [5, 5.41) is 0.454. The Hall–Kier alpha value is -2.71. The van der Waals surface area contributed by atoms with Crippen molar-refractivity contribution in [2.24, 2.45) is 0 Å². The van der Waals surface area contributed by atoms with Crippen molar-refractivity contribution in [1.29, 1.82) is 0 Å². The molecule has 0 saturated carbocycles. The number of anilines is 1. The van der Waals surface area contributed by atoms with Crippen LogP contribution < -0.4 is 14.4 Å². The minimum absolute atomic E-state index is 0.174. The molecule has 0 N–H and O–H groups in total. The van der Waals surface area contributed by atoms with E-state index in [0.29, 0.717) is 34.4 Å². The van der Waals surface area contributed by atoms with E-state index in [-0.39, 0.29) is 18.0 Å². The second-order valence-electron chi connectivity index (χ2n) is 6.37. The molecule has 0 aliphatic heterocycles.